The number of hydrogen-bond donors (Lipinski definition) is 0. The summed E-state index contributed by atoms with van der Waals surface area (Å²) >= 11 is 0. The van der Waals surface area contributed by atoms with Gasteiger partial charge in [-0.15, -0.1) is 0 Å². The molecule has 0 aromatic heterocycles. The Morgan fingerprint density at radius 3 is 1.36 bits per heavy atom. The Kier molecular flexibility index (Phi) is 9.79. The second-order valence-electron chi connectivity index (χ2n) is 6.75. The summed E-state index contributed by atoms with van der Waals surface area (Å²) in [6.07, 6.45) is 5.89. The van der Waals surface area contributed by atoms with Crippen LogP contribution in [0.15, 0.2) is 0 Å². The van der Waals surface area contributed by atoms with Gasteiger partial charge >= 0.3 is 0 Å². The first-order chi connectivity index (χ1) is 10.2. The zero-order chi connectivity index (χ0) is 17.2. The second-order valence-corrected chi connectivity index (χ2v) is 6.75. The summed E-state index contributed by atoms with van der Waals surface area (Å²) < 4.78 is 0. The topological polar surface area (TPSA) is 68.3 Å². The van der Waals surface area contributed by atoms with Gasteiger partial charge in [-0.2, -0.15) is 0 Å². The molecule has 0 fully saturated rings. The van der Waals surface area contributed by atoms with Crippen molar-refractivity contribution in [2.24, 2.45) is 5.41 Å². The van der Waals surface area contributed by atoms with Gasteiger partial charge in [0.15, 0.2) is 0 Å². The van der Waals surface area contributed by atoms with Gasteiger partial charge in [0.1, 0.15) is 23.1 Å². The van der Waals surface area contributed by atoms with E-state index in [4.69, 9.17) is 0 Å². The first-order valence-corrected chi connectivity index (χ1v) is 8.14. The molecule has 22 heavy (non-hydrogen) atoms. The summed E-state index contributed by atoms with van der Waals surface area (Å²) in [7, 11) is 0. The van der Waals surface area contributed by atoms with Crippen molar-refractivity contribution in [1.82, 2.24) is 0 Å². The van der Waals surface area contributed by atoms with Gasteiger partial charge in [0.05, 0.1) is 0 Å². The molecule has 0 aliphatic rings. The van der Waals surface area contributed by atoms with Crippen LogP contribution < -0.4 is 0 Å². The molecule has 0 unspecified atom stereocenters. The van der Waals surface area contributed by atoms with Crippen molar-refractivity contribution in [2.45, 2.75) is 85.5 Å². The number of carbonyl (C=O) groups is 4. The van der Waals surface area contributed by atoms with E-state index in [1.807, 2.05) is 0 Å². The molecule has 0 atom stereocenters. The maximum Gasteiger partial charge on any atom is 0.130 e. The van der Waals surface area contributed by atoms with Crippen LogP contribution in [0.1, 0.15) is 85.5 Å². The van der Waals surface area contributed by atoms with Gasteiger partial charge in [0.25, 0.3) is 0 Å². The molecule has 0 saturated heterocycles. The molecule has 0 aromatic rings. The summed E-state index contributed by atoms with van der Waals surface area (Å²) in [5, 5.41) is 0. The Balaban J connectivity index is 4.60. The fraction of sp³-hybridized carbons (Fsp3) is 0.778. The Morgan fingerprint density at radius 1 is 0.591 bits per heavy atom. The number of carbonyl (C=O) groups excluding carboxylic acids is 4. The third-order valence-electron chi connectivity index (χ3n) is 3.86. The number of rotatable bonds is 13. The molecule has 126 valence electrons. The maximum atomic E-state index is 11.6. The van der Waals surface area contributed by atoms with Gasteiger partial charge in [-0.25, -0.2) is 0 Å². The van der Waals surface area contributed by atoms with Crippen molar-refractivity contribution in [3.8, 4) is 0 Å². The summed E-state index contributed by atoms with van der Waals surface area (Å²) in [4.78, 5) is 45.6. The molecule has 0 saturated carbocycles. The van der Waals surface area contributed by atoms with Crippen LogP contribution in [0, 0.1) is 5.41 Å². The van der Waals surface area contributed by atoms with Crippen LogP contribution in [0.3, 0.4) is 0 Å². The van der Waals surface area contributed by atoms with Gasteiger partial charge in [0, 0.05) is 25.7 Å². The van der Waals surface area contributed by atoms with E-state index in [2.05, 4.69) is 0 Å². The average Bonchev–Trinajstić information content (AvgIpc) is 2.30. The summed E-state index contributed by atoms with van der Waals surface area (Å²) in [5.74, 6) is 0.288. The monoisotopic (exact) mass is 310 g/mol. The van der Waals surface area contributed by atoms with Gasteiger partial charge in [0.2, 0.25) is 0 Å². The van der Waals surface area contributed by atoms with Crippen LogP contribution >= 0.6 is 0 Å². The Morgan fingerprint density at radius 2 is 1.00 bits per heavy atom. The first-order valence-electron chi connectivity index (χ1n) is 8.14. The van der Waals surface area contributed by atoms with Crippen LogP contribution in [-0.4, -0.2) is 23.1 Å². The van der Waals surface area contributed by atoms with Crippen LogP contribution in [0.4, 0.5) is 0 Å². The molecule has 4 nitrogen and oxygen atoms in total. The van der Waals surface area contributed by atoms with Gasteiger partial charge in [-0.05, 0) is 46.0 Å². The SMILES string of the molecule is CC(=O)CCCCCCC(CC(C)=O)(CC(C)=O)CC(C)=O. The lowest BCUT2D eigenvalue weighted by Gasteiger charge is -2.31. The molecule has 0 rings (SSSR count). The van der Waals surface area contributed by atoms with Gasteiger partial charge < -0.3 is 19.2 Å². The number of Topliss-reactive ketones (excluding diaryl/α,β-unsaturated/α-hetero) is 4. The van der Waals surface area contributed by atoms with E-state index in [1.54, 1.807) is 6.92 Å². The molecule has 0 heterocycles. The van der Waals surface area contributed by atoms with Crippen LogP contribution in [0.5, 0.6) is 0 Å². The molecule has 0 aliphatic heterocycles. The Bertz CT molecular complexity index is 369. The maximum absolute atomic E-state index is 11.6. The Labute approximate surface area is 134 Å². The lowest BCUT2D eigenvalue weighted by molar-refractivity contribution is -0.126. The highest BCUT2D eigenvalue weighted by Crippen LogP contribution is 2.38. The molecule has 0 radical (unpaired) electrons. The van der Waals surface area contributed by atoms with Crippen LogP contribution in [0.2, 0.25) is 0 Å². The summed E-state index contributed by atoms with van der Waals surface area (Å²) in [6.45, 7) is 6.14. The quantitative estimate of drug-likeness (QED) is 0.485. The summed E-state index contributed by atoms with van der Waals surface area (Å²) in [6, 6.07) is 0. The highest BCUT2D eigenvalue weighted by molar-refractivity contribution is 5.83. The van der Waals surface area contributed by atoms with E-state index in [-0.39, 0.29) is 23.1 Å². The van der Waals surface area contributed by atoms with Gasteiger partial charge in [-0.1, -0.05) is 19.3 Å². The molecule has 0 aliphatic carbocycles. The largest absolute Gasteiger partial charge is 0.300 e. The lowest BCUT2D eigenvalue weighted by atomic mass is 9.71. The van der Waals surface area contributed by atoms with Crippen molar-refractivity contribution in [3.63, 3.8) is 0 Å². The van der Waals surface area contributed by atoms with Crippen molar-refractivity contribution in [3.05, 3.63) is 0 Å². The fourth-order valence-electron chi connectivity index (χ4n) is 3.26. The van der Waals surface area contributed by atoms with E-state index in [0.717, 1.165) is 25.7 Å². The predicted molar refractivity (Wildman–Crippen MR) is 86.7 cm³/mol. The lowest BCUT2D eigenvalue weighted by Crippen LogP contribution is -2.29. The molecule has 0 spiro atoms. The molecular weight excluding hydrogens is 280 g/mol. The predicted octanol–water partition coefficient (Wildman–Crippen LogP) is 3.84. The number of unbranched alkanes of at least 4 members (excludes halogenated alkanes) is 3. The van der Waals surface area contributed by atoms with E-state index in [1.165, 1.54) is 20.8 Å². The van der Waals surface area contributed by atoms with Crippen molar-refractivity contribution in [2.75, 3.05) is 0 Å². The minimum Gasteiger partial charge on any atom is -0.300 e. The van der Waals surface area contributed by atoms with E-state index in [0.29, 0.717) is 32.1 Å². The zero-order valence-electron chi connectivity index (χ0n) is 14.5. The van der Waals surface area contributed by atoms with E-state index in [9.17, 15) is 19.2 Å². The summed E-state index contributed by atoms with van der Waals surface area (Å²) in [5.41, 5.74) is -0.510. The highest BCUT2D eigenvalue weighted by atomic mass is 16.1. The third-order valence-corrected chi connectivity index (χ3v) is 3.86. The number of hydrogen-bond acceptors (Lipinski definition) is 4. The van der Waals surface area contributed by atoms with E-state index >= 15 is 0 Å². The molecular formula is C18H30O4. The normalized spacial score (nSPS) is 11.3. The average molecular weight is 310 g/mol. The molecule has 0 bridgehead atoms. The third kappa shape index (κ3) is 10.4. The van der Waals surface area contributed by atoms with Crippen molar-refractivity contribution < 1.29 is 19.2 Å². The second kappa shape index (κ2) is 10.4. The van der Waals surface area contributed by atoms with Crippen molar-refractivity contribution >= 4 is 23.1 Å². The molecule has 0 N–H and O–H groups in total. The zero-order valence-corrected chi connectivity index (χ0v) is 14.5. The smallest absolute Gasteiger partial charge is 0.130 e. The molecule has 4 heteroatoms. The minimum atomic E-state index is -0.510. The van der Waals surface area contributed by atoms with Crippen LogP contribution in [0.25, 0.3) is 0 Å². The Hall–Kier alpha value is -1.32. The standard InChI is InChI=1S/C18H30O4/c1-14(19)9-7-5-6-8-10-18(11-15(2)20,12-16(3)21)13-17(4)22/h5-13H2,1-4H3. The van der Waals surface area contributed by atoms with E-state index < -0.39 is 5.41 Å². The number of ketones is 4. The van der Waals surface area contributed by atoms with Crippen molar-refractivity contribution in [1.29, 1.82) is 0 Å². The van der Waals surface area contributed by atoms with Gasteiger partial charge in [-0.3, -0.25) is 0 Å². The highest BCUT2D eigenvalue weighted by Gasteiger charge is 2.33. The fourth-order valence-corrected chi connectivity index (χ4v) is 3.26. The minimum absolute atomic E-state index is 0.0269. The molecule has 0 aromatic carbocycles. The first kappa shape index (κ1) is 20.7. The molecule has 0 amide bonds. The van der Waals surface area contributed by atoms with Crippen LogP contribution in [-0.2, 0) is 19.2 Å².